The van der Waals surface area contributed by atoms with Gasteiger partial charge < -0.3 is 15.0 Å². The number of nitrogens with one attached hydrogen (secondary N) is 1. The van der Waals surface area contributed by atoms with E-state index in [2.05, 4.69) is 11.4 Å². The molecule has 5 heteroatoms. The van der Waals surface area contributed by atoms with E-state index in [0.29, 0.717) is 12.6 Å². The Kier molecular flexibility index (Phi) is 6.44. The fraction of sp³-hybridized carbons (Fsp3) is 0.600. The van der Waals surface area contributed by atoms with E-state index in [9.17, 15) is 4.79 Å². The topological polar surface area (TPSA) is 65.4 Å². The Morgan fingerprint density at radius 1 is 1.28 bits per heavy atom. The summed E-state index contributed by atoms with van der Waals surface area (Å²) in [6.07, 6.45) is 3.73. The maximum atomic E-state index is 12.2. The normalized spacial score (nSPS) is 20.6. The quantitative estimate of drug-likeness (QED) is 0.902. The van der Waals surface area contributed by atoms with Crippen LogP contribution in [0.4, 0.5) is 4.79 Å². The number of hydrogen-bond donors (Lipinski definition) is 1. The van der Waals surface area contributed by atoms with Crippen LogP contribution in [0.2, 0.25) is 0 Å². The summed E-state index contributed by atoms with van der Waals surface area (Å²) in [7, 11) is 1.83. The van der Waals surface area contributed by atoms with Crippen LogP contribution < -0.4 is 5.32 Å². The van der Waals surface area contributed by atoms with E-state index in [4.69, 9.17) is 10.00 Å². The van der Waals surface area contributed by atoms with Gasteiger partial charge in [0.15, 0.2) is 0 Å². The fourth-order valence-electron chi connectivity index (χ4n) is 3.19. The maximum absolute atomic E-state index is 12.2. The molecule has 5 nitrogen and oxygen atoms in total. The highest BCUT2D eigenvalue weighted by Crippen LogP contribution is 2.24. The molecule has 2 rings (SSSR count). The van der Waals surface area contributed by atoms with Crippen molar-refractivity contribution in [1.29, 1.82) is 5.26 Å². The monoisotopic (exact) mass is 343 g/mol. The lowest BCUT2D eigenvalue weighted by Gasteiger charge is -2.35. The molecule has 1 N–H and O–H groups in total. The summed E-state index contributed by atoms with van der Waals surface area (Å²) < 4.78 is 5.45. The largest absolute Gasteiger partial charge is 0.444 e. The van der Waals surface area contributed by atoms with Crippen LogP contribution in [0.15, 0.2) is 24.3 Å². The Morgan fingerprint density at radius 3 is 2.52 bits per heavy atom. The molecule has 1 aromatic carbocycles. The molecule has 1 saturated carbocycles. The van der Waals surface area contributed by atoms with Gasteiger partial charge >= 0.3 is 6.09 Å². The van der Waals surface area contributed by atoms with Crippen molar-refractivity contribution < 1.29 is 9.53 Å². The third-order valence-corrected chi connectivity index (χ3v) is 4.64. The molecule has 0 radical (unpaired) electrons. The molecule has 0 heterocycles. The van der Waals surface area contributed by atoms with Crippen LogP contribution in [0.1, 0.15) is 57.6 Å². The Bertz CT molecular complexity index is 623. The van der Waals surface area contributed by atoms with Crippen molar-refractivity contribution in [1.82, 2.24) is 10.2 Å². The SMILES string of the molecule is CN(C(=O)OC(C)(C)C)C1CCC(NCc2ccccc2C#N)CC1. The van der Waals surface area contributed by atoms with Gasteiger partial charge in [-0.05, 0) is 58.1 Å². The molecule has 0 atom stereocenters. The summed E-state index contributed by atoms with van der Waals surface area (Å²) in [6.45, 7) is 6.37. The number of rotatable bonds is 4. The zero-order valence-corrected chi connectivity index (χ0v) is 15.7. The minimum atomic E-state index is -0.460. The van der Waals surface area contributed by atoms with Gasteiger partial charge in [-0.15, -0.1) is 0 Å². The third kappa shape index (κ3) is 5.75. The van der Waals surface area contributed by atoms with E-state index in [0.717, 1.165) is 36.8 Å². The van der Waals surface area contributed by atoms with Crippen molar-refractivity contribution in [2.75, 3.05) is 7.05 Å². The standard InChI is InChI=1S/C20H29N3O2/c1-20(2,3)25-19(24)23(4)18-11-9-17(10-12-18)22-14-16-8-6-5-7-15(16)13-21/h5-8,17-18,22H,9-12,14H2,1-4H3. The van der Waals surface area contributed by atoms with Gasteiger partial charge in [-0.25, -0.2) is 4.79 Å². The highest BCUT2D eigenvalue weighted by atomic mass is 16.6. The molecule has 1 aromatic rings. The second-order valence-corrected chi connectivity index (χ2v) is 7.75. The van der Waals surface area contributed by atoms with E-state index < -0.39 is 5.60 Å². The molecular weight excluding hydrogens is 314 g/mol. The Balaban J connectivity index is 1.80. The van der Waals surface area contributed by atoms with Gasteiger partial charge in [0.05, 0.1) is 11.6 Å². The minimum Gasteiger partial charge on any atom is -0.444 e. The molecular formula is C20H29N3O2. The lowest BCUT2D eigenvalue weighted by molar-refractivity contribution is 0.0179. The van der Waals surface area contributed by atoms with Crippen molar-refractivity contribution >= 4 is 6.09 Å². The number of ether oxygens (including phenoxy) is 1. The summed E-state index contributed by atoms with van der Waals surface area (Å²) in [6, 6.07) is 10.6. The highest BCUT2D eigenvalue weighted by molar-refractivity contribution is 5.68. The Labute approximate surface area is 151 Å². The summed E-state index contributed by atoms with van der Waals surface area (Å²) in [5.74, 6) is 0. The molecule has 25 heavy (non-hydrogen) atoms. The fourth-order valence-corrected chi connectivity index (χ4v) is 3.19. The number of nitrogens with zero attached hydrogens (tertiary/aromatic N) is 2. The van der Waals surface area contributed by atoms with Gasteiger partial charge in [-0.3, -0.25) is 0 Å². The zero-order valence-electron chi connectivity index (χ0n) is 15.7. The average Bonchev–Trinajstić information content (AvgIpc) is 2.58. The van der Waals surface area contributed by atoms with Gasteiger partial charge in [0, 0.05) is 25.7 Å². The molecule has 0 aliphatic heterocycles. The van der Waals surface area contributed by atoms with Gasteiger partial charge in [0.1, 0.15) is 5.60 Å². The summed E-state index contributed by atoms with van der Waals surface area (Å²) >= 11 is 0. The first-order valence-electron chi connectivity index (χ1n) is 8.97. The number of amides is 1. The molecule has 0 aromatic heterocycles. The average molecular weight is 343 g/mol. The molecule has 0 bridgehead atoms. The predicted molar refractivity (Wildman–Crippen MR) is 98.0 cm³/mol. The van der Waals surface area contributed by atoms with Gasteiger partial charge in [0.25, 0.3) is 0 Å². The van der Waals surface area contributed by atoms with E-state index in [1.807, 2.05) is 52.1 Å². The first-order valence-corrected chi connectivity index (χ1v) is 8.97. The number of hydrogen-bond acceptors (Lipinski definition) is 4. The second-order valence-electron chi connectivity index (χ2n) is 7.75. The third-order valence-electron chi connectivity index (χ3n) is 4.64. The van der Waals surface area contributed by atoms with Gasteiger partial charge in [0.2, 0.25) is 0 Å². The summed E-state index contributed by atoms with van der Waals surface area (Å²) in [4.78, 5) is 13.9. The smallest absolute Gasteiger partial charge is 0.410 e. The van der Waals surface area contributed by atoms with Crippen LogP contribution in [-0.2, 0) is 11.3 Å². The Hall–Kier alpha value is -2.06. The summed E-state index contributed by atoms with van der Waals surface area (Å²) in [5.41, 5.74) is 1.31. The molecule has 0 unspecified atom stereocenters. The van der Waals surface area contributed by atoms with Crippen LogP contribution in [-0.4, -0.2) is 35.7 Å². The molecule has 1 fully saturated rings. The predicted octanol–water partition coefficient (Wildman–Crippen LogP) is 3.83. The molecule has 136 valence electrons. The minimum absolute atomic E-state index is 0.235. The molecule has 0 saturated heterocycles. The van der Waals surface area contributed by atoms with E-state index in [1.54, 1.807) is 4.90 Å². The van der Waals surface area contributed by atoms with E-state index in [-0.39, 0.29) is 12.1 Å². The molecule has 1 aliphatic rings. The van der Waals surface area contributed by atoms with E-state index >= 15 is 0 Å². The lowest BCUT2D eigenvalue weighted by atomic mass is 9.90. The van der Waals surface area contributed by atoms with Crippen molar-refractivity contribution in [3.63, 3.8) is 0 Å². The van der Waals surface area contributed by atoms with Gasteiger partial charge in [-0.1, -0.05) is 18.2 Å². The second kappa shape index (κ2) is 8.35. The van der Waals surface area contributed by atoms with Crippen LogP contribution >= 0.6 is 0 Å². The zero-order chi connectivity index (χ0) is 18.4. The number of benzene rings is 1. The number of carbonyl (C=O) groups is 1. The van der Waals surface area contributed by atoms with Crippen LogP contribution in [0.5, 0.6) is 0 Å². The van der Waals surface area contributed by atoms with Crippen molar-refractivity contribution in [3.8, 4) is 6.07 Å². The summed E-state index contributed by atoms with van der Waals surface area (Å²) in [5, 5.41) is 12.7. The van der Waals surface area contributed by atoms with Crippen molar-refractivity contribution in [2.45, 2.75) is 70.7 Å². The molecule has 1 aliphatic carbocycles. The number of carbonyl (C=O) groups excluding carboxylic acids is 1. The number of nitriles is 1. The van der Waals surface area contributed by atoms with Gasteiger partial charge in [-0.2, -0.15) is 5.26 Å². The molecule has 0 spiro atoms. The maximum Gasteiger partial charge on any atom is 0.410 e. The van der Waals surface area contributed by atoms with E-state index in [1.165, 1.54) is 0 Å². The molecule has 1 amide bonds. The lowest BCUT2D eigenvalue weighted by Crippen LogP contribution is -2.44. The van der Waals surface area contributed by atoms with Crippen LogP contribution in [0.25, 0.3) is 0 Å². The highest BCUT2D eigenvalue weighted by Gasteiger charge is 2.29. The first-order chi connectivity index (χ1) is 11.8. The van der Waals surface area contributed by atoms with Crippen molar-refractivity contribution in [3.05, 3.63) is 35.4 Å². The first kappa shape index (κ1) is 19.3. The van der Waals surface area contributed by atoms with Crippen LogP contribution in [0, 0.1) is 11.3 Å². The Morgan fingerprint density at radius 2 is 1.92 bits per heavy atom. The van der Waals surface area contributed by atoms with Crippen molar-refractivity contribution in [2.24, 2.45) is 0 Å². The van der Waals surface area contributed by atoms with Crippen LogP contribution in [0.3, 0.4) is 0 Å².